The lowest BCUT2D eigenvalue weighted by atomic mass is 10.4. The fraction of sp³-hybridized carbons (Fsp3) is 0.444. The van der Waals surface area contributed by atoms with Crippen molar-refractivity contribution in [1.82, 2.24) is 0 Å². The van der Waals surface area contributed by atoms with Crippen molar-refractivity contribution in [2.45, 2.75) is 18.9 Å². The number of esters is 1. The van der Waals surface area contributed by atoms with Gasteiger partial charge in [0.05, 0.1) is 0 Å². The number of thiophene rings is 1. The lowest BCUT2D eigenvalue weighted by Crippen LogP contribution is -2.19. The van der Waals surface area contributed by atoms with Gasteiger partial charge in [-0.15, -0.1) is 11.3 Å². The van der Waals surface area contributed by atoms with Gasteiger partial charge >= 0.3 is 5.97 Å². The Hall–Kier alpha value is -0.920. The van der Waals surface area contributed by atoms with E-state index in [-0.39, 0.29) is 12.6 Å². The topological polar surface area (TPSA) is 86.5 Å². The van der Waals surface area contributed by atoms with Crippen LogP contribution in [0.4, 0.5) is 0 Å². The first-order chi connectivity index (χ1) is 7.30. The molecule has 1 rings (SSSR count). The quantitative estimate of drug-likeness (QED) is 0.812. The minimum absolute atomic E-state index is 0.149. The Kier molecular flexibility index (Phi) is 4.06. The minimum atomic E-state index is -3.29. The summed E-state index contributed by atoms with van der Waals surface area (Å²) in [6, 6.07) is 3.34. The molecule has 0 aliphatic carbocycles. The molecule has 2 N–H and O–H groups in total. The van der Waals surface area contributed by atoms with Gasteiger partial charge in [0.25, 0.3) is 0 Å². The van der Waals surface area contributed by atoms with Crippen LogP contribution in [-0.4, -0.2) is 20.6 Å². The third-order valence-electron chi connectivity index (χ3n) is 1.84. The predicted molar refractivity (Wildman–Crippen MR) is 61.6 cm³/mol. The molecular formula is C9H13NO4S2. The van der Waals surface area contributed by atoms with E-state index in [0.717, 1.165) is 11.1 Å². The van der Waals surface area contributed by atoms with Gasteiger partial charge in [0.1, 0.15) is 12.0 Å². The summed E-state index contributed by atoms with van der Waals surface area (Å²) >= 11 is 1.23. The highest BCUT2D eigenvalue weighted by Gasteiger charge is 2.19. The summed E-state index contributed by atoms with van der Waals surface area (Å²) < 4.78 is 27.2. The van der Waals surface area contributed by atoms with Gasteiger partial charge < -0.3 is 10.5 Å². The van der Waals surface area contributed by atoms with Crippen molar-refractivity contribution in [3.63, 3.8) is 0 Å². The Morgan fingerprint density at radius 1 is 1.56 bits per heavy atom. The third-order valence-corrected chi connectivity index (χ3v) is 4.31. The van der Waals surface area contributed by atoms with Crippen molar-refractivity contribution in [3.05, 3.63) is 21.9 Å². The van der Waals surface area contributed by atoms with Gasteiger partial charge in [-0.2, -0.15) is 0 Å². The van der Waals surface area contributed by atoms with Gasteiger partial charge in [0.2, 0.25) is 0 Å². The normalized spacial score (nSPS) is 13.4. The predicted octanol–water partition coefficient (Wildman–Crippen LogP) is 0.813. The van der Waals surface area contributed by atoms with Crippen molar-refractivity contribution in [3.8, 4) is 0 Å². The highest BCUT2D eigenvalue weighted by Crippen LogP contribution is 2.25. The van der Waals surface area contributed by atoms with Crippen molar-refractivity contribution in [1.29, 1.82) is 0 Å². The van der Waals surface area contributed by atoms with Crippen LogP contribution in [0, 0.1) is 0 Å². The maximum absolute atomic E-state index is 11.2. The first-order valence-electron chi connectivity index (χ1n) is 4.47. The summed E-state index contributed by atoms with van der Waals surface area (Å²) in [6.45, 7) is 1.47. The smallest absolute Gasteiger partial charge is 0.302 e. The maximum atomic E-state index is 11.2. The third kappa shape index (κ3) is 3.58. The van der Waals surface area contributed by atoms with Gasteiger partial charge in [0, 0.05) is 22.9 Å². The molecule has 0 spiro atoms. The number of hydrogen-bond donors (Lipinski definition) is 1. The highest BCUT2D eigenvalue weighted by atomic mass is 32.2. The molecule has 0 aromatic carbocycles. The van der Waals surface area contributed by atoms with E-state index in [1.54, 1.807) is 12.1 Å². The van der Waals surface area contributed by atoms with E-state index in [0.29, 0.717) is 4.88 Å². The van der Waals surface area contributed by atoms with Crippen molar-refractivity contribution in [2.75, 3.05) is 6.26 Å². The zero-order chi connectivity index (χ0) is 12.3. The van der Waals surface area contributed by atoms with E-state index in [1.165, 1.54) is 18.3 Å². The summed E-state index contributed by atoms with van der Waals surface area (Å²) in [4.78, 5) is 11.9. The first kappa shape index (κ1) is 13.1. The molecule has 0 saturated heterocycles. The van der Waals surface area contributed by atoms with Crippen LogP contribution in [-0.2, 0) is 26.0 Å². The van der Waals surface area contributed by atoms with Gasteiger partial charge in [0.15, 0.2) is 9.84 Å². The maximum Gasteiger partial charge on any atom is 0.302 e. The number of carbonyl (C=O) groups is 1. The van der Waals surface area contributed by atoms with Gasteiger partial charge in [-0.25, -0.2) is 8.42 Å². The molecule has 16 heavy (non-hydrogen) atoms. The molecule has 90 valence electrons. The Labute approximate surface area is 98.1 Å². The molecule has 5 nitrogen and oxygen atoms in total. The fourth-order valence-electron chi connectivity index (χ4n) is 1.01. The van der Waals surface area contributed by atoms with Crippen LogP contribution in [0.2, 0.25) is 0 Å². The van der Waals surface area contributed by atoms with Crippen LogP contribution in [0.3, 0.4) is 0 Å². The number of carbonyl (C=O) groups excluding carboxylic acids is 1. The van der Waals surface area contributed by atoms with Gasteiger partial charge in [-0.3, -0.25) is 4.79 Å². The van der Waals surface area contributed by atoms with Crippen LogP contribution in [0.15, 0.2) is 12.1 Å². The molecule has 1 aromatic heterocycles. The summed E-state index contributed by atoms with van der Waals surface area (Å²) in [5, 5.41) is -1.01. The Bertz CT molecular complexity index is 477. The number of ether oxygens (including phenoxy) is 1. The molecule has 0 aliphatic heterocycles. The zero-order valence-electron chi connectivity index (χ0n) is 8.97. The zero-order valence-corrected chi connectivity index (χ0v) is 10.6. The minimum Gasteiger partial charge on any atom is -0.460 e. The van der Waals surface area contributed by atoms with Crippen LogP contribution >= 0.6 is 11.3 Å². The second-order valence-electron chi connectivity index (χ2n) is 3.33. The molecule has 1 atom stereocenters. The van der Waals surface area contributed by atoms with Crippen molar-refractivity contribution < 1.29 is 17.9 Å². The summed E-state index contributed by atoms with van der Waals surface area (Å²) in [5.41, 5.74) is 5.56. The molecule has 0 aliphatic rings. The molecule has 0 radical (unpaired) electrons. The molecule has 0 fully saturated rings. The van der Waals surface area contributed by atoms with E-state index >= 15 is 0 Å². The van der Waals surface area contributed by atoms with Gasteiger partial charge in [-0.05, 0) is 12.1 Å². The van der Waals surface area contributed by atoms with E-state index < -0.39 is 15.2 Å². The molecule has 1 aromatic rings. The number of hydrogen-bond acceptors (Lipinski definition) is 6. The average molecular weight is 263 g/mol. The second kappa shape index (κ2) is 4.94. The Balaban J connectivity index is 2.75. The van der Waals surface area contributed by atoms with E-state index in [9.17, 15) is 13.2 Å². The number of nitrogens with two attached hydrogens (primary N) is 1. The summed E-state index contributed by atoms with van der Waals surface area (Å²) in [5.74, 6) is -0.373. The van der Waals surface area contributed by atoms with Crippen LogP contribution < -0.4 is 5.73 Å². The number of rotatable bonds is 4. The monoisotopic (exact) mass is 263 g/mol. The average Bonchev–Trinajstić information content (AvgIpc) is 2.60. The Morgan fingerprint density at radius 2 is 2.19 bits per heavy atom. The fourth-order valence-corrected chi connectivity index (χ4v) is 2.99. The molecule has 0 amide bonds. The second-order valence-corrected chi connectivity index (χ2v) is 6.70. The van der Waals surface area contributed by atoms with E-state index in [4.69, 9.17) is 10.5 Å². The standard InChI is InChI=1S/C9H13NO4S2/c1-6(11)14-5-7-3-4-8(15-7)9(10)16(2,12)13/h3-4,9H,5,10H2,1-2H3. The van der Waals surface area contributed by atoms with E-state index in [1.807, 2.05) is 0 Å². The van der Waals surface area contributed by atoms with Crippen LogP contribution in [0.1, 0.15) is 22.1 Å². The first-order valence-corrected chi connectivity index (χ1v) is 7.24. The highest BCUT2D eigenvalue weighted by molar-refractivity contribution is 7.91. The van der Waals surface area contributed by atoms with Crippen molar-refractivity contribution in [2.24, 2.45) is 5.73 Å². The van der Waals surface area contributed by atoms with E-state index in [2.05, 4.69) is 0 Å². The summed E-state index contributed by atoms with van der Waals surface area (Å²) in [6.07, 6.45) is 1.09. The molecule has 7 heteroatoms. The molecule has 0 saturated carbocycles. The largest absolute Gasteiger partial charge is 0.460 e. The molecule has 1 heterocycles. The Morgan fingerprint density at radius 3 is 2.69 bits per heavy atom. The summed E-state index contributed by atoms with van der Waals surface area (Å²) in [7, 11) is -3.29. The van der Waals surface area contributed by atoms with Crippen LogP contribution in [0.25, 0.3) is 0 Å². The number of sulfone groups is 1. The van der Waals surface area contributed by atoms with Crippen molar-refractivity contribution >= 4 is 27.1 Å². The lowest BCUT2D eigenvalue weighted by Gasteiger charge is -2.05. The van der Waals surface area contributed by atoms with Crippen LogP contribution in [0.5, 0.6) is 0 Å². The molecule has 1 unspecified atom stereocenters. The molecule has 0 bridgehead atoms. The SMILES string of the molecule is CC(=O)OCc1ccc(C(N)S(C)(=O)=O)s1. The lowest BCUT2D eigenvalue weighted by molar-refractivity contribution is -0.142. The van der Waals surface area contributed by atoms with Gasteiger partial charge in [-0.1, -0.05) is 0 Å². The molecular weight excluding hydrogens is 250 g/mol.